The zero-order valence-electron chi connectivity index (χ0n) is 12.8. The summed E-state index contributed by atoms with van der Waals surface area (Å²) in [5, 5.41) is 2.04. The fraction of sp³-hybridized carbons (Fsp3) is 0.150. The summed E-state index contributed by atoms with van der Waals surface area (Å²) in [6, 6.07) is 19.6. The Morgan fingerprint density at radius 1 is 0.955 bits per heavy atom. The van der Waals surface area contributed by atoms with E-state index in [4.69, 9.17) is 4.74 Å². The molecule has 22 heavy (non-hydrogen) atoms. The molecule has 3 aromatic carbocycles. The van der Waals surface area contributed by atoms with Crippen LogP contribution >= 0.6 is 0 Å². The van der Waals surface area contributed by atoms with Crippen LogP contribution in [-0.2, 0) is 6.42 Å². The van der Waals surface area contributed by atoms with Gasteiger partial charge >= 0.3 is 0 Å². The normalized spacial score (nSPS) is 10.6. The van der Waals surface area contributed by atoms with Gasteiger partial charge in [0.1, 0.15) is 5.75 Å². The third kappa shape index (κ3) is 2.48. The number of hydrogen-bond donors (Lipinski definition) is 0. The Hall–Kier alpha value is -2.61. The first-order valence-corrected chi connectivity index (χ1v) is 7.44. The minimum atomic E-state index is 0.00366. The van der Waals surface area contributed by atoms with E-state index >= 15 is 0 Å². The smallest absolute Gasteiger partial charge is 0.197 e. The lowest BCUT2D eigenvalue weighted by Gasteiger charge is -2.11. The molecule has 0 spiro atoms. The first-order valence-electron chi connectivity index (χ1n) is 7.44. The maximum atomic E-state index is 13.0. The second-order valence-electron chi connectivity index (χ2n) is 5.24. The van der Waals surface area contributed by atoms with E-state index in [1.54, 1.807) is 7.11 Å². The summed E-state index contributed by atoms with van der Waals surface area (Å²) in [4.78, 5) is 13.0. The van der Waals surface area contributed by atoms with Gasteiger partial charge in [0, 0.05) is 5.56 Å². The molecule has 0 aliphatic rings. The fourth-order valence-corrected chi connectivity index (χ4v) is 2.72. The molecule has 0 radical (unpaired) electrons. The molecule has 3 rings (SSSR count). The van der Waals surface area contributed by atoms with Crippen molar-refractivity contribution < 1.29 is 9.53 Å². The quantitative estimate of drug-likeness (QED) is 0.654. The Labute approximate surface area is 130 Å². The molecule has 0 atom stereocenters. The molecule has 0 aliphatic carbocycles. The number of ether oxygens (including phenoxy) is 1. The van der Waals surface area contributed by atoms with Crippen LogP contribution in [0.15, 0.2) is 60.7 Å². The van der Waals surface area contributed by atoms with Crippen molar-refractivity contribution in [1.29, 1.82) is 0 Å². The molecule has 0 bridgehead atoms. The lowest BCUT2D eigenvalue weighted by atomic mass is 9.95. The molecule has 2 nitrogen and oxygen atoms in total. The van der Waals surface area contributed by atoms with E-state index in [2.05, 4.69) is 6.92 Å². The number of hydrogen-bond acceptors (Lipinski definition) is 2. The molecule has 2 heteroatoms. The molecule has 0 fully saturated rings. The summed E-state index contributed by atoms with van der Waals surface area (Å²) in [5.74, 6) is 0.624. The monoisotopic (exact) mass is 290 g/mol. The molecule has 0 saturated carbocycles. The van der Waals surface area contributed by atoms with Gasteiger partial charge in [0.25, 0.3) is 0 Å². The molecule has 0 N–H and O–H groups in total. The van der Waals surface area contributed by atoms with E-state index in [1.165, 1.54) is 0 Å². The highest BCUT2D eigenvalue weighted by atomic mass is 16.5. The Kier molecular flexibility index (Phi) is 3.92. The van der Waals surface area contributed by atoms with Crippen LogP contribution in [0, 0.1) is 0 Å². The van der Waals surface area contributed by atoms with Crippen molar-refractivity contribution in [2.75, 3.05) is 7.11 Å². The number of rotatable bonds is 4. The molecule has 110 valence electrons. The Morgan fingerprint density at radius 3 is 2.50 bits per heavy atom. The molecule has 0 saturated heterocycles. The summed E-state index contributed by atoms with van der Waals surface area (Å²) in [6.07, 6.45) is 0.889. The predicted molar refractivity (Wildman–Crippen MR) is 89.8 cm³/mol. The summed E-state index contributed by atoms with van der Waals surface area (Å²) < 4.78 is 5.38. The highest BCUT2D eigenvalue weighted by molar-refractivity contribution is 6.17. The van der Waals surface area contributed by atoms with Crippen LogP contribution in [0.25, 0.3) is 10.8 Å². The maximum Gasteiger partial charge on any atom is 0.197 e. The number of aryl methyl sites for hydroxylation is 1. The first-order chi connectivity index (χ1) is 10.7. The Morgan fingerprint density at radius 2 is 1.73 bits per heavy atom. The summed E-state index contributed by atoms with van der Waals surface area (Å²) in [7, 11) is 1.60. The fourth-order valence-electron chi connectivity index (χ4n) is 2.72. The molecule has 3 aromatic rings. The second kappa shape index (κ2) is 6.02. The van der Waals surface area contributed by atoms with Crippen LogP contribution < -0.4 is 4.74 Å². The van der Waals surface area contributed by atoms with Gasteiger partial charge in [-0.2, -0.15) is 0 Å². The van der Waals surface area contributed by atoms with Crippen LogP contribution in [0.4, 0.5) is 0 Å². The van der Waals surface area contributed by atoms with E-state index in [-0.39, 0.29) is 5.78 Å². The molecule has 0 aromatic heterocycles. The minimum Gasteiger partial charge on any atom is -0.496 e. The van der Waals surface area contributed by atoms with Crippen LogP contribution in [-0.4, -0.2) is 12.9 Å². The third-order valence-corrected chi connectivity index (χ3v) is 3.95. The van der Waals surface area contributed by atoms with Gasteiger partial charge in [-0.3, -0.25) is 4.79 Å². The zero-order chi connectivity index (χ0) is 15.5. The number of ketones is 1. The Bertz CT molecular complexity index is 829. The third-order valence-electron chi connectivity index (χ3n) is 3.95. The highest BCUT2D eigenvalue weighted by Gasteiger charge is 2.17. The van der Waals surface area contributed by atoms with E-state index < -0.39 is 0 Å². The lowest BCUT2D eigenvalue weighted by Crippen LogP contribution is -2.05. The van der Waals surface area contributed by atoms with Gasteiger partial charge in [-0.05, 0) is 34.9 Å². The van der Waals surface area contributed by atoms with E-state index in [9.17, 15) is 4.79 Å². The predicted octanol–water partition coefficient (Wildman–Crippen LogP) is 4.64. The van der Waals surface area contributed by atoms with Gasteiger partial charge < -0.3 is 4.74 Å². The van der Waals surface area contributed by atoms with Crippen LogP contribution in [0.3, 0.4) is 0 Å². The van der Waals surface area contributed by atoms with Gasteiger partial charge in [-0.15, -0.1) is 0 Å². The minimum absolute atomic E-state index is 0.00366. The largest absolute Gasteiger partial charge is 0.496 e. The van der Waals surface area contributed by atoms with Crippen LogP contribution in [0.2, 0.25) is 0 Å². The number of carbonyl (C=O) groups excluding carboxylic acids is 1. The van der Waals surface area contributed by atoms with Crippen molar-refractivity contribution in [2.45, 2.75) is 13.3 Å². The topological polar surface area (TPSA) is 26.3 Å². The van der Waals surface area contributed by atoms with Crippen molar-refractivity contribution in [2.24, 2.45) is 0 Å². The number of carbonyl (C=O) groups is 1. The van der Waals surface area contributed by atoms with Crippen molar-refractivity contribution in [1.82, 2.24) is 0 Å². The average Bonchev–Trinajstić information content (AvgIpc) is 2.60. The Balaban J connectivity index is 2.18. The zero-order valence-corrected chi connectivity index (χ0v) is 12.8. The van der Waals surface area contributed by atoms with Crippen molar-refractivity contribution in [3.8, 4) is 5.75 Å². The van der Waals surface area contributed by atoms with Gasteiger partial charge in [0.15, 0.2) is 5.78 Å². The van der Waals surface area contributed by atoms with E-state index in [0.717, 1.165) is 22.8 Å². The number of fused-ring (bicyclic) bond motifs is 1. The summed E-state index contributed by atoms with van der Waals surface area (Å²) >= 11 is 0. The number of benzene rings is 3. The molecule has 0 unspecified atom stereocenters. The standard InChI is InChI=1S/C20H18O2/c1-3-14-11-12-19(22-2)18(13-14)20(21)17-10-6-8-15-7-4-5-9-16(15)17/h4-13H,3H2,1-2H3. The van der Waals surface area contributed by atoms with Gasteiger partial charge in [-0.1, -0.05) is 55.5 Å². The maximum absolute atomic E-state index is 13.0. The summed E-state index contributed by atoms with van der Waals surface area (Å²) in [6.45, 7) is 2.08. The van der Waals surface area contributed by atoms with Gasteiger partial charge in [0.2, 0.25) is 0 Å². The van der Waals surface area contributed by atoms with Gasteiger partial charge in [-0.25, -0.2) is 0 Å². The van der Waals surface area contributed by atoms with E-state index in [0.29, 0.717) is 16.9 Å². The number of methoxy groups -OCH3 is 1. The second-order valence-corrected chi connectivity index (χ2v) is 5.24. The van der Waals surface area contributed by atoms with Crippen LogP contribution in [0.5, 0.6) is 5.75 Å². The van der Waals surface area contributed by atoms with Crippen molar-refractivity contribution >= 4 is 16.6 Å². The van der Waals surface area contributed by atoms with Crippen LogP contribution in [0.1, 0.15) is 28.4 Å². The highest BCUT2D eigenvalue weighted by Crippen LogP contribution is 2.27. The molecule has 0 aliphatic heterocycles. The van der Waals surface area contributed by atoms with Crippen molar-refractivity contribution in [3.63, 3.8) is 0 Å². The lowest BCUT2D eigenvalue weighted by molar-refractivity contribution is 0.103. The SMILES string of the molecule is CCc1ccc(OC)c(C(=O)c2cccc3ccccc23)c1. The molecular formula is C20H18O2. The average molecular weight is 290 g/mol. The first kappa shape index (κ1) is 14.3. The van der Waals surface area contributed by atoms with Gasteiger partial charge in [0.05, 0.1) is 12.7 Å². The molecule has 0 heterocycles. The molecule has 0 amide bonds. The van der Waals surface area contributed by atoms with E-state index in [1.807, 2.05) is 60.7 Å². The summed E-state index contributed by atoms with van der Waals surface area (Å²) in [5.41, 5.74) is 2.47. The molecular weight excluding hydrogens is 272 g/mol. The van der Waals surface area contributed by atoms with Crippen molar-refractivity contribution in [3.05, 3.63) is 77.4 Å².